The molecule has 34 heavy (non-hydrogen) atoms. The molecule has 2 amide bonds. The minimum atomic E-state index is -3.62. The SMILES string of the molecule is CCN(CC)S(=O)(=O)c1ccc(C(=O)NCC(=O)OC(C)C(=O)NCCc2ccccc2)cc1. The molecule has 2 N–H and O–H groups in total. The Morgan fingerprint density at radius 1 is 0.941 bits per heavy atom. The second-order valence-corrected chi connectivity index (χ2v) is 9.39. The van der Waals surface area contributed by atoms with Gasteiger partial charge in [-0.2, -0.15) is 4.31 Å². The maximum Gasteiger partial charge on any atom is 0.326 e. The van der Waals surface area contributed by atoms with E-state index >= 15 is 0 Å². The van der Waals surface area contributed by atoms with Gasteiger partial charge in [-0.25, -0.2) is 8.42 Å². The first-order valence-electron chi connectivity index (χ1n) is 11.1. The summed E-state index contributed by atoms with van der Waals surface area (Å²) in [4.78, 5) is 36.5. The van der Waals surface area contributed by atoms with Crippen LogP contribution in [-0.2, 0) is 30.8 Å². The molecule has 0 saturated heterocycles. The van der Waals surface area contributed by atoms with Crippen molar-refractivity contribution in [2.45, 2.75) is 38.2 Å². The van der Waals surface area contributed by atoms with Crippen molar-refractivity contribution in [1.29, 1.82) is 0 Å². The van der Waals surface area contributed by atoms with Gasteiger partial charge in [0.1, 0.15) is 6.54 Å². The topological polar surface area (TPSA) is 122 Å². The molecular weight excluding hydrogens is 458 g/mol. The number of rotatable bonds is 12. The first-order chi connectivity index (χ1) is 16.2. The largest absolute Gasteiger partial charge is 0.451 e. The number of amides is 2. The van der Waals surface area contributed by atoms with Crippen molar-refractivity contribution in [3.8, 4) is 0 Å². The maximum absolute atomic E-state index is 12.5. The number of carbonyl (C=O) groups excluding carboxylic acids is 3. The molecule has 0 spiro atoms. The fourth-order valence-corrected chi connectivity index (χ4v) is 4.61. The van der Waals surface area contributed by atoms with Crippen LogP contribution in [0.25, 0.3) is 0 Å². The van der Waals surface area contributed by atoms with E-state index in [0.29, 0.717) is 26.1 Å². The summed E-state index contributed by atoms with van der Waals surface area (Å²) in [5, 5.41) is 5.11. The van der Waals surface area contributed by atoms with Crippen molar-refractivity contribution < 1.29 is 27.5 Å². The summed E-state index contributed by atoms with van der Waals surface area (Å²) in [6, 6.07) is 15.1. The first kappa shape index (κ1) is 27.0. The van der Waals surface area contributed by atoms with Gasteiger partial charge < -0.3 is 15.4 Å². The number of benzene rings is 2. The van der Waals surface area contributed by atoms with Crippen LogP contribution < -0.4 is 10.6 Å². The Kier molecular flexibility index (Phi) is 10.2. The predicted molar refractivity (Wildman–Crippen MR) is 128 cm³/mol. The summed E-state index contributed by atoms with van der Waals surface area (Å²) < 4.78 is 31.4. The van der Waals surface area contributed by atoms with Gasteiger partial charge >= 0.3 is 5.97 Å². The molecule has 2 aromatic carbocycles. The van der Waals surface area contributed by atoms with Crippen molar-refractivity contribution in [3.63, 3.8) is 0 Å². The maximum atomic E-state index is 12.5. The molecule has 0 aliphatic heterocycles. The van der Waals surface area contributed by atoms with Gasteiger partial charge in [-0.15, -0.1) is 0 Å². The third-order valence-corrected chi connectivity index (χ3v) is 7.15. The molecule has 2 rings (SSSR count). The lowest BCUT2D eigenvalue weighted by molar-refractivity contribution is -0.153. The number of hydrogen-bond donors (Lipinski definition) is 2. The standard InChI is InChI=1S/C24H31N3O6S/c1-4-27(5-2)34(31,32)21-13-11-20(12-14-21)24(30)26-17-22(28)33-18(3)23(29)25-16-15-19-9-7-6-8-10-19/h6-14,18H,4-5,15-17H2,1-3H3,(H,25,29)(H,26,30). The van der Waals surface area contributed by atoms with E-state index in [1.807, 2.05) is 30.3 Å². The molecule has 0 bridgehead atoms. The van der Waals surface area contributed by atoms with Crippen LogP contribution >= 0.6 is 0 Å². The number of sulfonamides is 1. The zero-order valence-electron chi connectivity index (χ0n) is 19.6. The van der Waals surface area contributed by atoms with Gasteiger partial charge in [0.15, 0.2) is 6.10 Å². The lowest BCUT2D eigenvalue weighted by Crippen LogP contribution is -2.39. The highest BCUT2D eigenvalue weighted by atomic mass is 32.2. The molecule has 9 nitrogen and oxygen atoms in total. The Balaban J connectivity index is 1.79. The fourth-order valence-electron chi connectivity index (χ4n) is 3.16. The van der Waals surface area contributed by atoms with Crippen LogP contribution in [0.4, 0.5) is 0 Å². The van der Waals surface area contributed by atoms with E-state index in [-0.39, 0.29) is 10.5 Å². The van der Waals surface area contributed by atoms with Gasteiger partial charge in [0.25, 0.3) is 11.8 Å². The van der Waals surface area contributed by atoms with E-state index in [0.717, 1.165) is 5.56 Å². The summed E-state index contributed by atoms with van der Waals surface area (Å²) in [5.41, 5.74) is 1.27. The molecule has 0 saturated carbocycles. The average molecular weight is 490 g/mol. The molecule has 1 atom stereocenters. The number of carbonyl (C=O) groups is 3. The van der Waals surface area contributed by atoms with E-state index in [2.05, 4.69) is 10.6 Å². The highest BCUT2D eigenvalue weighted by Crippen LogP contribution is 2.16. The van der Waals surface area contributed by atoms with E-state index in [4.69, 9.17) is 4.74 Å². The van der Waals surface area contributed by atoms with Crippen LogP contribution in [0.3, 0.4) is 0 Å². The molecule has 0 heterocycles. The highest BCUT2D eigenvalue weighted by molar-refractivity contribution is 7.89. The number of nitrogens with one attached hydrogen (secondary N) is 2. The van der Waals surface area contributed by atoms with Crippen LogP contribution in [0.5, 0.6) is 0 Å². The predicted octanol–water partition coefficient (Wildman–Crippen LogP) is 1.74. The summed E-state index contributed by atoms with van der Waals surface area (Å²) in [6.45, 7) is 5.60. The zero-order chi connectivity index (χ0) is 25.1. The average Bonchev–Trinajstić information content (AvgIpc) is 2.83. The molecule has 0 fully saturated rings. The van der Waals surface area contributed by atoms with Gasteiger partial charge in [-0.1, -0.05) is 44.2 Å². The minimum absolute atomic E-state index is 0.0826. The molecule has 0 radical (unpaired) electrons. The summed E-state index contributed by atoms with van der Waals surface area (Å²) >= 11 is 0. The fraction of sp³-hybridized carbons (Fsp3) is 0.375. The molecule has 1 unspecified atom stereocenters. The van der Waals surface area contributed by atoms with Gasteiger partial charge in [0, 0.05) is 25.2 Å². The lowest BCUT2D eigenvalue weighted by Gasteiger charge is -2.18. The monoisotopic (exact) mass is 489 g/mol. The molecule has 184 valence electrons. The van der Waals surface area contributed by atoms with Gasteiger partial charge in [-0.05, 0) is 43.2 Å². The summed E-state index contributed by atoms with van der Waals surface area (Å²) in [5.74, 6) is -1.76. The molecule has 0 aliphatic carbocycles. The Morgan fingerprint density at radius 3 is 2.15 bits per heavy atom. The summed E-state index contributed by atoms with van der Waals surface area (Å²) in [6.07, 6.45) is -0.358. The van der Waals surface area contributed by atoms with E-state index in [9.17, 15) is 22.8 Å². The van der Waals surface area contributed by atoms with Crippen LogP contribution in [0.2, 0.25) is 0 Å². The second-order valence-electron chi connectivity index (χ2n) is 7.46. The Labute approximate surface area is 200 Å². The van der Waals surface area contributed by atoms with Gasteiger partial charge in [0.05, 0.1) is 4.90 Å². The van der Waals surface area contributed by atoms with Crippen molar-refractivity contribution in [1.82, 2.24) is 14.9 Å². The quantitative estimate of drug-likeness (QED) is 0.438. The normalized spacial score (nSPS) is 12.1. The first-order valence-corrected chi connectivity index (χ1v) is 12.5. The van der Waals surface area contributed by atoms with Crippen molar-refractivity contribution >= 4 is 27.8 Å². The van der Waals surface area contributed by atoms with Crippen molar-refractivity contribution in [3.05, 3.63) is 65.7 Å². The third-order valence-electron chi connectivity index (χ3n) is 5.09. The third kappa shape index (κ3) is 7.67. The smallest absolute Gasteiger partial charge is 0.326 e. The summed E-state index contributed by atoms with van der Waals surface area (Å²) in [7, 11) is -3.62. The molecule has 0 aromatic heterocycles. The number of hydrogen-bond acceptors (Lipinski definition) is 6. The van der Waals surface area contributed by atoms with E-state index in [1.165, 1.54) is 35.5 Å². The Morgan fingerprint density at radius 2 is 1.56 bits per heavy atom. The molecular formula is C24H31N3O6S. The van der Waals surface area contributed by atoms with Crippen LogP contribution in [0, 0.1) is 0 Å². The van der Waals surface area contributed by atoms with Gasteiger partial charge in [-0.3, -0.25) is 14.4 Å². The lowest BCUT2D eigenvalue weighted by atomic mass is 10.1. The number of nitrogens with zero attached hydrogens (tertiary/aromatic N) is 1. The highest BCUT2D eigenvalue weighted by Gasteiger charge is 2.22. The Bertz CT molecular complexity index is 1070. The van der Waals surface area contributed by atoms with Crippen LogP contribution in [0.1, 0.15) is 36.7 Å². The van der Waals surface area contributed by atoms with E-state index in [1.54, 1.807) is 13.8 Å². The van der Waals surface area contributed by atoms with Crippen molar-refractivity contribution in [2.24, 2.45) is 0 Å². The van der Waals surface area contributed by atoms with Gasteiger partial charge in [0.2, 0.25) is 10.0 Å². The number of ether oxygens (including phenoxy) is 1. The zero-order valence-corrected chi connectivity index (χ0v) is 20.4. The Hall–Kier alpha value is -3.24. The van der Waals surface area contributed by atoms with Crippen LogP contribution in [0.15, 0.2) is 59.5 Å². The molecule has 2 aromatic rings. The molecule has 0 aliphatic rings. The minimum Gasteiger partial charge on any atom is -0.451 e. The van der Waals surface area contributed by atoms with E-state index < -0.39 is 40.5 Å². The van der Waals surface area contributed by atoms with Crippen molar-refractivity contribution in [2.75, 3.05) is 26.2 Å². The second kappa shape index (κ2) is 12.9. The van der Waals surface area contributed by atoms with Crippen LogP contribution in [-0.4, -0.2) is 62.8 Å². The number of esters is 1. The molecule has 10 heteroatoms.